The number of nitrogens with zero attached hydrogens (tertiary/aromatic N) is 4. The molecule has 9 heteroatoms. The van der Waals surface area contributed by atoms with Gasteiger partial charge in [-0.25, -0.2) is 0 Å². The van der Waals surface area contributed by atoms with Gasteiger partial charge >= 0.3 is 0 Å². The molecule has 0 atom stereocenters. The third-order valence-corrected chi connectivity index (χ3v) is 5.90. The van der Waals surface area contributed by atoms with Gasteiger partial charge in [0.05, 0.1) is 12.4 Å². The number of ether oxygens (including phenoxy) is 1. The van der Waals surface area contributed by atoms with Crippen molar-refractivity contribution >= 4 is 39.3 Å². The summed E-state index contributed by atoms with van der Waals surface area (Å²) in [5, 5.41) is 12.3. The summed E-state index contributed by atoms with van der Waals surface area (Å²) in [7, 11) is 0. The van der Waals surface area contributed by atoms with Gasteiger partial charge in [-0.05, 0) is 67.6 Å². The number of benzene rings is 2. The van der Waals surface area contributed by atoms with E-state index in [2.05, 4.69) is 36.4 Å². The number of anilines is 1. The number of carbonyl (C=O) groups is 1. The highest BCUT2D eigenvalue weighted by molar-refractivity contribution is 9.10. The van der Waals surface area contributed by atoms with E-state index < -0.39 is 0 Å². The van der Waals surface area contributed by atoms with Crippen LogP contribution in [0.5, 0.6) is 5.75 Å². The Balaban J connectivity index is 1.52. The predicted octanol–water partition coefficient (Wildman–Crippen LogP) is 5.22. The summed E-state index contributed by atoms with van der Waals surface area (Å²) in [5.74, 6) is 1.52. The molecule has 1 amide bonds. The van der Waals surface area contributed by atoms with Gasteiger partial charge in [-0.15, -0.1) is 10.2 Å². The van der Waals surface area contributed by atoms with E-state index in [1.54, 1.807) is 12.4 Å². The van der Waals surface area contributed by atoms with Crippen molar-refractivity contribution in [1.29, 1.82) is 0 Å². The van der Waals surface area contributed by atoms with Crippen LogP contribution >= 0.6 is 27.7 Å². The molecule has 0 radical (unpaired) electrons. The van der Waals surface area contributed by atoms with Crippen molar-refractivity contribution in [3.8, 4) is 22.8 Å². The van der Waals surface area contributed by atoms with Gasteiger partial charge < -0.3 is 10.1 Å². The lowest BCUT2D eigenvalue weighted by Crippen LogP contribution is -2.14. The molecule has 0 spiro atoms. The van der Waals surface area contributed by atoms with E-state index in [1.165, 1.54) is 11.8 Å². The molecule has 0 bridgehead atoms. The SMILES string of the molecule is CCOc1ccc(NC(=O)CSc2nnc(-c3ccncc3)n2-c2ccc(Br)cc2)cc1. The first-order chi connectivity index (χ1) is 15.6. The maximum absolute atomic E-state index is 12.5. The molecule has 4 aromatic rings. The molecule has 0 saturated carbocycles. The minimum atomic E-state index is -0.130. The van der Waals surface area contributed by atoms with E-state index in [1.807, 2.05) is 72.2 Å². The van der Waals surface area contributed by atoms with E-state index in [0.29, 0.717) is 23.3 Å². The van der Waals surface area contributed by atoms with Gasteiger partial charge in [0, 0.05) is 33.8 Å². The molecule has 162 valence electrons. The van der Waals surface area contributed by atoms with Crippen molar-refractivity contribution in [2.24, 2.45) is 0 Å². The minimum absolute atomic E-state index is 0.130. The number of carbonyl (C=O) groups excluding carboxylic acids is 1. The van der Waals surface area contributed by atoms with Crippen LogP contribution in [0.4, 0.5) is 5.69 Å². The number of aromatic nitrogens is 4. The summed E-state index contributed by atoms with van der Waals surface area (Å²) in [5.41, 5.74) is 2.51. The maximum atomic E-state index is 12.5. The van der Waals surface area contributed by atoms with Gasteiger partial charge in [0.2, 0.25) is 5.91 Å². The molecular weight excluding hydrogens is 490 g/mol. The van der Waals surface area contributed by atoms with E-state index >= 15 is 0 Å². The number of thioether (sulfide) groups is 1. The number of halogens is 1. The second-order valence-electron chi connectivity index (χ2n) is 6.65. The smallest absolute Gasteiger partial charge is 0.234 e. The molecule has 0 aliphatic carbocycles. The van der Waals surface area contributed by atoms with Crippen LogP contribution in [0, 0.1) is 0 Å². The molecule has 0 saturated heterocycles. The first kappa shape index (κ1) is 22.0. The van der Waals surface area contributed by atoms with E-state index in [4.69, 9.17) is 4.74 Å². The molecule has 2 aromatic heterocycles. The zero-order valence-corrected chi connectivity index (χ0v) is 19.6. The average Bonchev–Trinajstić information content (AvgIpc) is 3.24. The fraction of sp³-hybridized carbons (Fsp3) is 0.130. The van der Waals surface area contributed by atoms with Crippen LogP contribution < -0.4 is 10.1 Å². The average molecular weight is 510 g/mol. The Bertz CT molecular complexity index is 1180. The molecule has 32 heavy (non-hydrogen) atoms. The zero-order valence-electron chi connectivity index (χ0n) is 17.2. The van der Waals surface area contributed by atoms with Crippen molar-refractivity contribution in [2.75, 3.05) is 17.7 Å². The molecule has 2 heterocycles. The zero-order chi connectivity index (χ0) is 22.3. The van der Waals surface area contributed by atoms with Crippen molar-refractivity contribution in [3.05, 3.63) is 77.5 Å². The van der Waals surface area contributed by atoms with Crippen molar-refractivity contribution < 1.29 is 9.53 Å². The Kier molecular flexibility index (Phi) is 7.18. The van der Waals surface area contributed by atoms with Crippen LogP contribution in [0.2, 0.25) is 0 Å². The molecule has 4 rings (SSSR count). The Morgan fingerprint density at radius 3 is 2.44 bits per heavy atom. The number of rotatable bonds is 8. The highest BCUT2D eigenvalue weighted by atomic mass is 79.9. The monoisotopic (exact) mass is 509 g/mol. The lowest BCUT2D eigenvalue weighted by molar-refractivity contribution is -0.113. The molecule has 0 unspecified atom stereocenters. The van der Waals surface area contributed by atoms with Crippen LogP contribution in [-0.2, 0) is 4.79 Å². The van der Waals surface area contributed by atoms with Crippen LogP contribution in [0.15, 0.2) is 82.7 Å². The topological polar surface area (TPSA) is 81.9 Å². The van der Waals surface area contributed by atoms with Crippen LogP contribution in [0.1, 0.15) is 6.92 Å². The number of hydrogen-bond donors (Lipinski definition) is 1. The number of hydrogen-bond acceptors (Lipinski definition) is 6. The largest absolute Gasteiger partial charge is 0.494 e. The van der Waals surface area contributed by atoms with Crippen LogP contribution in [-0.4, -0.2) is 38.0 Å². The third-order valence-electron chi connectivity index (χ3n) is 4.44. The van der Waals surface area contributed by atoms with Crippen LogP contribution in [0.25, 0.3) is 17.1 Å². The summed E-state index contributed by atoms with van der Waals surface area (Å²) < 4.78 is 8.35. The van der Waals surface area contributed by atoms with Gasteiger partial charge in [0.25, 0.3) is 0 Å². The lowest BCUT2D eigenvalue weighted by Gasteiger charge is -2.11. The van der Waals surface area contributed by atoms with Gasteiger partial charge in [0.1, 0.15) is 5.75 Å². The Labute approximate surface area is 198 Å². The molecule has 1 N–H and O–H groups in total. The highest BCUT2D eigenvalue weighted by Crippen LogP contribution is 2.28. The minimum Gasteiger partial charge on any atom is -0.494 e. The molecule has 2 aromatic carbocycles. The molecule has 0 fully saturated rings. The Hall–Kier alpha value is -3.17. The first-order valence-corrected chi connectivity index (χ1v) is 11.7. The standard InChI is InChI=1S/C23H20BrN5O2S/c1-2-31-20-9-5-18(6-10-20)26-21(30)15-32-23-28-27-22(16-11-13-25-14-12-16)29(23)19-7-3-17(24)4-8-19/h3-14H,2,15H2,1H3,(H,26,30). The lowest BCUT2D eigenvalue weighted by atomic mass is 10.2. The first-order valence-electron chi connectivity index (χ1n) is 9.91. The quantitative estimate of drug-likeness (QED) is 0.328. The van der Waals surface area contributed by atoms with Crippen molar-refractivity contribution in [3.63, 3.8) is 0 Å². The Morgan fingerprint density at radius 2 is 1.75 bits per heavy atom. The number of nitrogens with one attached hydrogen (secondary N) is 1. The number of amides is 1. The fourth-order valence-electron chi connectivity index (χ4n) is 3.00. The predicted molar refractivity (Wildman–Crippen MR) is 129 cm³/mol. The molecule has 7 nitrogen and oxygen atoms in total. The van der Waals surface area contributed by atoms with Crippen molar-refractivity contribution in [2.45, 2.75) is 12.1 Å². The van der Waals surface area contributed by atoms with Gasteiger partial charge in [-0.1, -0.05) is 27.7 Å². The second-order valence-corrected chi connectivity index (χ2v) is 8.51. The summed E-state index contributed by atoms with van der Waals surface area (Å²) in [6.45, 7) is 2.53. The summed E-state index contributed by atoms with van der Waals surface area (Å²) in [6, 6.07) is 18.9. The summed E-state index contributed by atoms with van der Waals surface area (Å²) in [6.07, 6.45) is 3.43. The van der Waals surface area contributed by atoms with E-state index in [9.17, 15) is 4.79 Å². The highest BCUT2D eigenvalue weighted by Gasteiger charge is 2.17. The maximum Gasteiger partial charge on any atom is 0.234 e. The molecule has 0 aliphatic heterocycles. The van der Waals surface area contributed by atoms with E-state index in [0.717, 1.165) is 21.5 Å². The van der Waals surface area contributed by atoms with E-state index in [-0.39, 0.29) is 11.7 Å². The van der Waals surface area contributed by atoms with Gasteiger partial charge in [0.15, 0.2) is 11.0 Å². The fourth-order valence-corrected chi connectivity index (χ4v) is 4.02. The second kappa shape index (κ2) is 10.4. The molecular formula is C23H20BrN5O2S. The summed E-state index contributed by atoms with van der Waals surface area (Å²) in [4.78, 5) is 16.6. The third kappa shape index (κ3) is 5.35. The normalized spacial score (nSPS) is 10.7. The summed E-state index contributed by atoms with van der Waals surface area (Å²) >= 11 is 4.80. The molecule has 0 aliphatic rings. The Morgan fingerprint density at radius 1 is 1.03 bits per heavy atom. The van der Waals surface area contributed by atoms with Crippen molar-refractivity contribution in [1.82, 2.24) is 19.7 Å². The van der Waals surface area contributed by atoms with Gasteiger partial charge in [-0.2, -0.15) is 0 Å². The van der Waals surface area contributed by atoms with Crippen LogP contribution in [0.3, 0.4) is 0 Å². The van der Waals surface area contributed by atoms with Gasteiger partial charge in [-0.3, -0.25) is 14.3 Å². The number of pyridine rings is 1.